The number of aliphatic hydroxyl groups excluding tert-OH is 1. The van der Waals surface area contributed by atoms with Gasteiger partial charge in [-0.25, -0.2) is 4.98 Å². The van der Waals surface area contributed by atoms with Crippen LogP contribution >= 0.6 is 0 Å². The van der Waals surface area contributed by atoms with Crippen molar-refractivity contribution in [3.8, 4) is 0 Å². The minimum Gasteiger partial charge on any atom is -0.393 e. The first kappa shape index (κ1) is 11.8. The molecule has 1 heterocycles. The van der Waals surface area contributed by atoms with Crippen LogP contribution in [0, 0.1) is 23.0 Å². The SMILES string of the molecule is Cc1nc(NCC2CC(O)C2)ccc1[N+](=O)[O-]. The van der Waals surface area contributed by atoms with E-state index in [0.717, 1.165) is 19.4 Å². The van der Waals surface area contributed by atoms with Crippen LogP contribution in [0.1, 0.15) is 18.5 Å². The van der Waals surface area contributed by atoms with Gasteiger partial charge in [0.05, 0.1) is 11.0 Å². The Morgan fingerprint density at radius 1 is 1.59 bits per heavy atom. The number of aromatic nitrogens is 1. The van der Waals surface area contributed by atoms with Gasteiger partial charge >= 0.3 is 0 Å². The summed E-state index contributed by atoms with van der Waals surface area (Å²) in [6.45, 7) is 2.37. The van der Waals surface area contributed by atoms with Gasteiger partial charge in [0.1, 0.15) is 11.5 Å². The third-order valence-electron chi connectivity index (χ3n) is 3.04. The molecule has 0 spiro atoms. The average molecular weight is 237 g/mol. The van der Waals surface area contributed by atoms with E-state index in [9.17, 15) is 10.1 Å². The summed E-state index contributed by atoms with van der Waals surface area (Å²) in [7, 11) is 0. The third-order valence-corrected chi connectivity index (χ3v) is 3.04. The number of pyridine rings is 1. The normalized spacial score (nSPS) is 22.9. The predicted molar refractivity (Wildman–Crippen MR) is 62.8 cm³/mol. The molecule has 6 heteroatoms. The molecule has 0 aromatic carbocycles. The number of aliphatic hydroxyl groups is 1. The molecule has 2 rings (SSSR count). The van der Waals surface area contributed by atoms with Crippen LogP contribution in [0.15, 0.2) is 12.1 Å². The quantitative estimate of drug-likeness (QED) is 0.611. The van der Waals surface area contributed by atoms with Gasteiger partial charge in [-0.3, -0.25) is 10.1 Å². The van der Waals surface area contributed by atoms with Crippen LogP contribution in [0.5, 0.6) is 0 Å². The summed E-state index contributed by atoms with van der Waals surface area (Å²) < 4.78 is 0. The molecule has 1 aromatic rings. The van der Waals surface area contributed by atoms with Crippen molar-refractivity contribution < 1.29 is 10.0 Å². The first-order valence-corrected chi connectivity index (χ1v) is 5.60. The summed E-state index contributed by atoms with van der Waals surface area (Å²) >= 11 is 0. The average Bonchev–Trinajstić information content (AvgIpc) is 2.22. The number of rotatable bonds is 4. The maximum atomic E-state index is 10.6. The lowest BCUT2D eigenvalue weighted by Crippen LogP contribution is -2.33. The second-order valence-corrected chi connectivity index (χ2v) is 4.43. The first-order chi connectivity index (χ1) is 8.06. The zero-order chi connectivity index (χ0) is 12.4. The summed E-state index contributed by atoms with van der Waals surface area (Å²) in [6, 6.07) is 3.07. The van der Waals surface area contributed by atoms with Crippen molar-refractivity contribution in [2.45, 2.75) is 25.9 Å². The van der Waals surface area contributed by atoms with Crippen molar-refractivity contribution in [1.82, 2.24) is 4.98 Å². The molecule has 1 aliphatic rings. The van der Waals surface area contributed by atoms with Crippen molar-refractivity contribution in [2.24, 2.45) is 5.92 Å². The predicted octanol–water partition coefficient (Wildman–Crippen LogP) is 1.48. The molecule has 1 saturated carbocycles. The highest BCUT2D eigenvalue weighted by molar-refractivity contribution is 5.44. The summed E-state index contributed by atoms with van der Waals surface area (Å²) in [5.41, 5.74) is 0.447. The number of anilines is 1. The maximum absolute atomic E-state index is 10.6. The van der Waals surface area contributed by atoms with Crippen molar-refractivity contribution in [1.29, 1.82) is 0 Å². The molecule has 0 amide bonds. The number of nitrogens with zero attached hydrogens (tertiary/aromatic N) is 2. The van der Waals surface area contributed by atoms with E-state index in [0.29, 0.717) is 17.4 Å². The Morgan fingerprint density at radius 2 is 2.29 bits per heavy atom. The molecule has 92 valence electrons. The number of aryl methyl sites for hydroxylation is 1. The Balaban J connectivity index is 1.93. The number of nitrogens with one attached hydrogen (secondary N) is 1. The highest BCUT2D eigenvalue weighted by Crippen LogP contribution is 2.27. The molecule has 0 radical (unpaired) electrons. The second kappa shape index (κ2) is 4.67. The summed E-state index contributed by atoms with van der Waals surface area (Å²) in [6.07, 6.45) is 1.48. The van der Waals surface area contributed by atoms with Crippen molar-refractivity contribution in [2.75, 3.05) is 11.9 Å². The van der Waals surface area contributed by atoms with Gasteiger partial charge < -0.3 is 10.4 Å². The van der Waals surface area contributed by atoms with Crippen LogP contribution < -0.4 is 5.32 Å². The molecule has 2 N–H and O–H groups in total. The third kappa shape index (κ3) is 2.71. The van der Waals surface area contributed by atoms with Crippen LogP contribution in [-0.2, 0) is 0 Å². The largest absolute Gasteiger partial charge is 0.393 e. The highest BCUT2D eigenvalue weighted by atomic mass is 16.6. The van der Waals surface area contributed by atoms with Crippen LogP contribution in [0.2, 0.25) is 0 Å². The first-order valence-electron chi connectivity index (χ1n) is 5.60. The van der Waals surface area contributed by atoms with Gasteiger partial charge in [-0.2, -0.15) is 0 Å². The van der Waals surface area contributed by atoms with E-state index in [1.807, 2.05) is 0 Å². The van der Waals surface area contributed by atoms with Crippen LogP contribution in [-0.4, -0.2) is 27.7 Å². The molecule has 1 aromatic heterocycles. The zero-order valence-electron chi connectivity index (χ0n) is 9.59. The van der Waals surface area contributed by atoms with Gasteiger partial charge in [0.2, 0.25) is 0 Å². The van der Waals surface area contributed by atoms with Gasteiger partial charge in [-0.1, -0.05) is 0 Å². The van der Waals surface area contributed by atoms with Crippen molar-refractivity contribution >= 4 is 11.5 Å². The number of hydrogen-bond donors (Lipinski definition) is 2. The van der Waals surface area contributed by atoms with Crippen LogP contribution in [0.3, 0.4) is 0 Å². The number of nitro groups is 1. The fourth-order valence-corrected chi connectivity index (χ4v) is 1.96. The molecule has 0 unspecified atom stereocenters. The van der Waals surface area contributed by atoms with Gasteiger partial charge in [-0.15, -0.1) is 0 Å². The molecule has 0 bridgehead atoms. The Morgan fingerprint density at radius 3 is 2.82 bits per heavy atom. The molecular weight excluding hydrogens is 222 g/mol. The summed E-state index contributed by atoms with van der Waals surface area (Å²) in [5, 5.41) is 22.9. The lowest BCUT2D eigenvalue weighted by Gasteiger charge is -2.31. The van der Waals surface area contributed by atoms with Gasteiger partial charge in [0, 0.05) is 12.6 Å². The molecule has 17 heavy (non-hydrogen) atoms. The topological polar surface area (TPSA) is 88.3 Å². The standard InChI is InChI=1S/C11H15N3O3/c1-7-10(14(16)17)2-3-11(13-7)12-6-8-4-9(15)5-8/h2-3,8-9,15H,4-6H2,1H3,(H,12,13). The monoisotopic (exact) mass is 237 g/mol. The van der Waals surface area contributed by atoms with Crippen molar-refractivity contribution in [3.05, 3.63) is 27.9 Å². The summed E-state index contributed by atoms with van der Waals surface area (Å²) in [5.74, 6) is 1.12. The Hall–Kier alpha value is -1.69. The minimum atomic E-state index is -0.436. The minimum absolute atomic E-state index is 0.0367. The van der Waals surface area contributed by atoms with Crippen LogP contribution in [0.25, 0.3) is 0 Å². The Kier molecular flexibility index (Phi) is 3.23. The van der Waals surface area contributed by atoms with Crippen molar-refractivity contribution in [3.63, 3.8) is 0 Å². The molecular formula is C11H15N3O3. The van der Waals surface area contributed by atoms with E-state index in [2.05, 4.69) is 10.3 Å². The fraction of sp³-hybridized carbons (Fsp3) is 0.545. The van der Waals surface area contributed by atoms with Gasteiger partial charge in [0.15, 0.2) is 0 Å². The molecule has 1 fully saturated rings. The molecule has 1 aliphatic carbocycles. The van der Waals surface area contributed by atoms with E-state index in [4.69, 9.17) is 5.11 Å². The Bertz CT molecular complexity index is 430. The smallest absolute Gasteiger partial charge is 0.290 e. The summed E-state index contributed by atoms with van der Waals surface area (Å²) in [4.78, 5) is 14.3. The van der Waals surface area contributed by atoms with Gasteiger partial charge in [-0.05, 0) is 31.7 Å². The van der Waals surface area contributed by atoms with E-state index in [1.165, 1.54) is 6.07 Å². The molecule has 0 saturated heterocycles. The second-order valence-electron chi connectivity index (χ2n) is 4.43. The lowest BCUT2D eigenvalue weighted by atomic mass is 9.82. The highest BCUT2D eigenvalue weighted by Gasteiger charge is 2.26. The van der Waals surface area contributed by atoms with E-state index in [-0.39, 0.29) is 11.8 Å². The zero-order valence-corrected chi connectivity index (χ0v) is 9.59. The maximum Gasteiger partial charge on any atom is 0.290 e. The van der Waals surface area contributed by atoms with Crippen LogP contribution in [0.4, 0.5) is 11.5 Å². The van der Waals surface area contributed by atoms with Gasteiger partial charge in [0.25, 0.3) is 5.69 Å². The fourth-order valence-electron chi connectivity index (χ4n) is 1.96. The van der Waals surface area contributed by atoms with E-state index >= 15 is 0 Å². The number of hydrogen-bond acceptors (Lipinski definition) is 5. The van der Waals surface area contributed by atoms with E-state index in [1.54, 1.807) is 13.0 Å². The lowest BCUT2D eigenvalue weighted by molar-refractivity contribution is -0.385. The molecule has 0 atom stereocenters. The van der Waals surface area contributed by atoms with E-state index < -0.39 is 4.92 Å². The molecule has 6 nitrogen and oxygen atoms in total. The molecule has 0 aliphatic heterocycles. The Labute approximate surface area is 98.8 Å².